The first kappa shape index (κ1) is 30.9. The van der Waals surface area contributed by atoms with Crippen LogP contribution in [-0.2, 0) is 0 Å². The molecule has 0 saturated carbocycles. The van der Waals surface area contributed by atoms with E-state index in [1.807, 2.05) is 12.1 Å². The van der Waals surface area contributed by atoms with E-state index >= 15 is 0 Å². The lowest BCUT2D eigenvalue weighted by molar-refractivity contribution is 0.668. The number of hydrogen-bond acceptors (Lipinski definition) is 2. The Morgan fingerprint density at radius 1 is 0.278 bits per heavy atom. The third-order valence-corrected chi connectivity index (χ3v) is 12.0. The van der Waals surface area contributed by atoms with E-state index in [-0.39, 0.29) is 0 Å². The van der Waals surface area contributed by atoms with E-state index in [0.717, 1.165) is 55.0 Å². The molecule has 0 aliphatic heterocycles. The van der Waals surface area contributed by atoms with Gasteiger partial charge in [-0.05, 0) is 153 Å². The number of furan rings is 2. The van der Waals surface area contributed by atoms with Crippen LogP contribution in [0.5, 0.6) is 0 Å². The number of hydrogen-bond donors (Lipinski definition) is 0. The van der Waals surface area contributed by atoms with Crippen molar-refractivity contribution < 1.29 is 8.83 Å². The van der Waals surface area contributed by atoms with E-state index < -0.39 is 0 Å². The number of rotatable bonds is 2. The summed E-state index contributed by atoms with van der Waals surface area (Å²) in [5.74, 6) is 0. The summed E-state index contributed by atoms with van der Waals surface area (Å²) in [5.41, 5.74) is 23.2. The molecule has 0 amide bonds. The predicted molar refractivity (Wildman–Crippen MR) is 226 cm³/mol. The topological polar surface area (TPSA) is 26.3 Å². The Labute approximate surface area is 313 Å². The molecule has 11 rings (SSSR count). The second-order valence-corrected chi connectivity index (χ2v) is 14.9. The van der Waals surface area contributed by atoms with Crippen LogP contribution in [0.4, 0.5) is 0 Å². The lowest BCUT2D eigenvalue weighted by Crippen LogP contribution is -2.03. The average molecular weight is 693 g/mol. The molecule has 10 aromatic rings. The monoisotopic (exact) mass is 692 g/mol. The molecule has 8 aromatic carbocycles. The van der Waals surface area contributed by atoms with Gasteiger partial charge in [0.1, 0.15) is 22.3 Å². The highest BCUT2D eigenvalue weighted by Crippen LogP contribution is 2.54. The normalized spacial score (nSPS) is 12.1. The van der Waals surface area contributed by atoms with Crippen molar-refractivity contribution in [2.75, 3.05) is 0 Å². The number of para-hydroxylation sites is 2. The molecule has 0 spiro atoms. The maximum atomic E-state index is 6.63. The van der Waals surface area contributed by atoms with Gasteiger partial charge in [-0.1, -0.05) is 109 Å². The summed E-state index contributed by atoms with van der Waals surface area (Å²) >= 11 is 0. The summed E-state index contributed by atoms with van der Waals surface area (Å²) < 4.78 is 13.3. The second kappa shape index (κ2) is 11.4. The van der Waals surface area contributed by atoms with E-state index in [1.165, 1.54) is 77.9 Å². The van der Waals surface area contributed by atoms with Gasteiger partial charge in [-0.15, -0.1) is 0 Å². The molecule has 0 N–H and O–H groups in total. The Hall–Kier alpha value is -6.64. The van der Waals surface area contributed by atoms with E-state index in [0.29, 0.717) is 0 Å². The highest BCUT2D eigenvalue weighted by atomic mass is 16.3. The molecule has 0 unspecified atom stereocenters. The van der Waals surface area contributed by atoms with Crippen molar-refractivity contribution in [3.8, 4) is 66.8 Å². The molecule has 1 aliphatic rings. The minimum Gasteiger partial charge on any atom is -0.456 e. The molecule has 0 saturated heterocycles. The number of aryl methyl sites for hydroxylation is 2. The minimum atomic E-state index is 0.881. The standard InChI is InChI=1S/C52H36O2/c1-29-13-5-7-15-33(29)35-21-23-39-40-24-22-36(34-16-8-6-14-30(34)2)32(4)52(40)46-26-44-38-18-10-12-20-48(38)54-50(44)28-42(46)41-27-49-43(25-45(41)51(39)31(35)3)37-17-9-11-19-47(37)53-49/h5-28H,1-4H3. The van der Waals surface area contributed by atoms with Gasteiger partial charge in [-0.25, -0.2) is 0 Å². The van der Waals surface area contributed by atoms with Gasteiger partial charge in [0.25, 0.3) is 0 Å². The second-order valence-electron chi connectivity index (χ2n) is 14.9. The van der Waals surface area contributed by atoms with E-state index in [9.17, 15) is 0 Å². The highest BCUT2D eigenvalue weighted by molar-refractivity contribution is 6.16. The summed E-state index contributed by atoms with van der Waals surface area (Å²) in [6.07, 6.45) is 0. The fourth-order valence-corrected chi connectivity index (χ4v) is 9.30. The van der Waals surface area contributed by atoms with Gasteiger partial charge in [-0.3, -0.25) is 0 Å². The van der Waals surface area contributed by atoms with Gasteiger partial charge in [-0.2, -0.15) is 0 Å². The maximum Gasteiger partial charge on any atom is 0.136 e. The lowest BCUT2D eigenvalue weighted by atomic mass is 9.75. The van der Waals surface area contributed by atoms with Gasteiger partial charge in [0.15, 0.2) is 0 Å². The van der Waals surface area contributed by atoms with Gasteiger partial charge in [0.05, 0.1) is 0 Å². The summed E-state index contributed by atoms with van der Waals surface area (Å²) in [4.78, 5) is 0. The van der Waals surface area contributed by atoms with Gasteiger partial charge in [0.2, 0.25) is 0 Å². The van der Waals surface area contributed by atoms with Crippen LogP contribution in [0.25, 0.3) is 111 Å². The van der Waals surface area contributed by atoms with Crippen molar-refractivity contribution in [3.63, 3.8) is 0 Å². The SMILES string of the molecule is Cc1ccccc1-c1ccc2c(c1C)-c1cc3c(cc1-c1cc4oc5ccccc5c4cc1-c1c-2ccc(-c2ccccc2C)c1C)oc1ccccc13. The van der Waals surface area contributed by atoms with Gasteiger partial charge >= 0.3 is 0 Å². The Morgan fingerprint density at radius 2 is 0.667 bits per heavy atom. The zero-order valence-electron chi connectivity index (χ0n) is 30.7. The smallest absolute Gasteiger partial charge is 0.136 e. The molecule has 2 heteroatoms. The zero-order chi connectivity index (χ0) is 36.2. The van der Waals surface area contributed by atoms with Crippen LogP contribution in [0, 0.1) is 27.7 Å². The fraction of sp³-hybridized carbons (Fsp3) is 0.0769. The first-order chi connectivity index (χ1) is 26.4. The first-order valence-electron chi connectivity index (χ1n) is 18.8. The van der Waals surface area contributed by atoms with Crippen LogP contribution in [0.3, 0.4) is 0 Å². The maximum absolute atomic E-state index is 6.63. The van der Waals surface area contributed by atoms with E-state index in [2.05, 4.69) is 161 Å². The van der Waals surface area contributed by atoms with Crippen LogP contribution in [0.1, 0.15) is 22.3 Å². The third kappa shape index (κ3) is 4.34. The number of fused-ring (bicyclic) bond motifs is 14. The lowest BCUT2D eigenvalue weighted by Gasteiger charge is -2.28. The molecule has 0 bridgehead atoms. The molecule has 0 fully saturated rings. The zero-order valence-corrected chi connectivity index (χ0v) is 30.7. The highest BCUT2D eigenvalue weighted by Gasteiger charge is 2.29. The van der Waals surface area contributed by atoms with E-state index in [1.54, 1.807) is 0 Å². The minimum absolute atomic E-state index is 0.881. The molecule has 0 radical (unpaired) electrons. The predicted octanol–water partition coefficient (Wildman–Crippen LogP) is 15.0. The molecule has 2 nitrogen and oxygen atoms in total. The molecule has 2 aromatic heterocycles. The van der Waals surface area contributed by atoms with Crippen LogP contribution < -0.4 is 0 Å². The first-order valence-corrected chi connectivity index (χ1v) is 18.8. The van der Waals surface area contributed by atoms with Crippen molar-refractivity contribution in [1.82, 2.24) is 0 Å². The van der Waals surface area contributed by atoms with Crippen molar-refractivity contribution in [2.45, 2.75) is 27.7 Å². The van der Waals surface area contributed by atoms with Crippen molar-refractivity contribution in [1.29, 1.82) is 0 Å². The van der Waals surface area contributed by atoms with Crippen molar-refractivity contribution in [3.05, 3.63) is 168 Å². The summed E-state index contributed by atoms with van der Waals surface area (Å²) in [7, 11) is 0. The molecule has 54 heavy (non-hydrogen) atoms. The summed E-state index contributed by atoms with van der Waals surface area (Å²) in [6, 6.07) is 53.0. The molecular weight excluding hydrogens is 657 g/mol. The Morgan fingerprint density at radius 3 is 1.11 bits per heavy atom. The van der Waals surface area contributed by atoms with Crippen LogP contribution in [-0.4, -0.2) is 0 Å². The summed E-state index contributed by atoms with van der Waals surface area (Å²) in [5, 5.41) is 4.49. The van der Waals surface area contributed by atoms with Crippen LogP contribution >= 0.6 is 0 Å². The number of benzene rings is 8. The Bertz CT molecular complexity index is 2990. The molecule has 1 aliphatic carbocycles. The van der Waals surface area contributed by atoms with Crippen LogP contribution in [0.2, 0.25) is 0 Å². The van der Waals surface area contributed by atoms with Gasteiger partial charge < -0.3 is 8.83 Å². The quantitative estimate of drug-likeness (QED) is 0.180. The Kier molecular flexibility index (Phi) is 6.55. The molecule has 0 atom stereocenters. The van der Waals surface area contributed by atoms with E-state index in [4.69, 9.17) is 8.83 Å². The molecule has 256 valence electrons. The van der Waals surface area contributed by atoms with Gasteiger partial charge in [0, 0.05) is 21.5 Å². The largest absolute Gasteiger partial charge is 0.456 e. The van der Waals surface area contributed by atoms with Crippen molar-refractivity contribution >= 4 is 43.9 Å². The fourth-order valence-electron chi connectivity index (χ4n) is 9.30. The van der Waals surface area contributed by atoms with Crippen LogP contribution in [0.15, 0.2) is 154 Å². The average Bonchev–Trinajstić information content (AvgIpc) is 3.74. The molecular formula is C52H36O2. The Balaban J connectivity index is 1.35. The van der Waals surface area contributed by atoms with Crippen molar-refractivity contribution in [2.24, 2.45) is 0 Å². The third-order valence-electron chi connectivity index (χ3n) is 12.0. The molecule has 2 heterocycles. The summed E-state index contributed by atoms with van der Waals surface area (Å²) in [6.45, 7) is 9.03.